The van der Waals surface area contributed by atoms with E-state index in [0.717, 1.165) is 11.3 Å². The molecule has 3 atom stereocenters. The number of hydrogen-bond donors (Lipinski definition) is 0. The number of carbonyl (C=O) groups is 3. The van der Waals surface area contributed by atoms with Gasteiger partial charge in [0, 0.05) is 6.92 Å². The van der Waals surface area contributed by atoms with Crippen LogP contribution in [0.3, 0.4) is 0 Å². The summed E-state index contributed by atoms with van der Waals surface area (Å²) in [5.74, 6) is -1.05. The maximum absolute atomic E-state index is 14.0. The van der Waals surface area contributed by atoms with Crippen LogP contribution >= 0.6 is 0 Å². The number of anilines is 2. The molecule has 2 aliphatic heterocycles. The molecular formula is C30H30N2O8. The van der Waals surface area contributed by atoms with Gasteiger partial charge in [0.1, 0.15) is 11.7 Å². The number of ether oxygens (including phenoxy) is 4. The Hall–Kier alpha value is -4.57. The van der Waals surface area contributed by atoms with Crippen LogP contribution in [0.5, 0.6) is 23.0 Å². The molecule has 0 spiro atoms. The maximum atomic E-state index is 14.0. The summed E-state index contributed by atoms with van der Waals surface area (Å²) in [5, 5.41) is 1.57. The van der Waals surface area contributed by atoms with E-state index in [4.69, 9.17) is 23.8 Å². The zero-order valence-corrected chi connectivity index (χ0v) is 22.7. The summed E-state index contributed by atoms with van der Waals surface area (Å²) < 4.78 is 22.0. The van der Waals surface area contributed by atoms with E-state index < -0.39 is 35.8 Å². The number of rotatable bonds is 9. The summed E-state index contributed by atoms with van der Waals surface area (Å²) in [6.45, 7) is 3.86. The molecule has 0 radical (unpaired) electrons. The smallest absolute Gasteiger partial charge is 0.308 e. The SMILES string of the molecule is CCCOc1ccc(N2C(=O)[C@@H]3[C@@H](c4cc(OC)c(OC(C)=O)c(OC)c4)N(c4ccccc4)O[C@H]3C2=O)cc1. The van der Waals surface area contributed by atoms with E-state index >= 15 is 0 Å². The number of amides is 2. The van der Waals surface area contributed by atoms with Gasteiger partial charge in [-0.05, 0) is 60.5 Å². The normalized spacial score (nSPS) is 19.9. The average molecular weight is 547 g/mol. The molecule has 0 N–H and O–H groups in total. The number of nitrogens with zero attached hydrogens (tertiary/aromatic N) is 2. The molecule has 2 heterocycles. The van der Waals surface area contributed by atoms with Crippen molar-refractivity contribution in [3.63, 3.8) is 0 Å². The van der Waals surface area contributed by atoms with Crippen LogP contribution in [0.1, 0.15) is 31.9 Å². The topological polar surface area (TPSA) is 104 Å². The fourth-order valence-corrected chi connectivity index (χ4v) is 5.03. The first-order valence-corrected chi connectivity index (χ1v) is 12.9. The van der Waals surface area contributed by atoms with Crippen molar-refractivity contribution in [3.8, 4) is 23.0 Å². The van der Waals surface area contributed by atoms with E-state index in [0.29, 0.717) is 29.3 Å². The fourth-order valence-electron chi connectivity index (χ4n) is 5.03. The second-order valence-electron chi connectivity index (χ2n) is 9.36. The molecule has 40 heavy (non-hydrogen) atoms. The van der Waals surface area contributed by atoms with Gasteiger partial charge in [-0.25, -0.2) is 9.96 Å². The Morgan fingerprint density at radius 3 is 2.12 bits per heavy atom. The van der Waals surface area contributed by atoms with E-state index in [2.05, 4.69) is 0 Å². The second-order valence-corrected chi connectivity index (χ2v) is 9.36. The van der Waals surface area contributed by atoms with Crippen LogP contribution in [0.15, 0.2) is 66.7 Å². The lowest BCUT2D eigenvalue weighted by Gasteiger charge is -2.29. The first kappa shape index (κ1) is 27.0. The Bertz CT molecular complexity index is 1380. The number of methoxy groups -OCH3 is 2. The minimum Gasteiger partial charge on any atom is -0.494 e. The van der Waals surface area contributed by atoms with Gasteiger partial charge in [0.2, 0.25) is 11.7 Å². The largest absolute Gasteiger partial charge is 0.494 e. The lowest BCUT2D eigenvalue weighted by Crippen LogP contribution is -2.37. The van der Waals surface area contributed by atoms with Crippen molar-refractivity contribution in [1.29, 1.82) is 0 Å². The molecule has 2 aliphatic rings. The molecule has 0 bridgehead atoms. The monoisotopic (exact) mass is 546 g/mol. The molecule has 0 aliphatic carbocycles. The standard InChI is InChI=1S/C30H30N2O8/c1-5-15-38-22-13-11-20(12-14-22)31-29(34)25-26(32(40-28(25)30(31)35)21-9-7-6-8-10-21)19-16-23(36-3)27(39-18(2)33)24(17-19)37-4/h6-14,16-17,25-26,28H,5,15H2,1-4H3/t25-,26-,28-/m1/s1. The molecule has 10 heteroatoms. The number of hydrogen-bond acceptors (Lipinski definition) is 9. The van der Waals surface area contributed by atoms with Crippen molar-refractivity contribution in [2.45, 2.75) is 32.4 Å². The van der Waals surface area contributed by atoms with Gasteiger partial charge in [0.15, 0.2) is 17.6 Å². The highest BCUT2D eigenvalue weighted by Gasteiger charge is 2.60. The van der Waals surface area contributed by atoms with Gasteiger partial charge >= 0.3 is 5.97 Å². The van der Waals surface area contributed by atoms with E-state index in [1.807, 2.05) is 37.3 Å². The number of hydroxylamine groups is 1. The summed E-state index contributed by atoms with van der Waals surface area (Å²) >= 11 is 0. The molecule has 2 amide bonds. The maximum Gasteiger partial charge on any atom is 0.308 e. The summed E-state index contributed by atoms with van der Waals surface area (Å²) in [4.78, 5) is 46.7. The van der Waals surface area contributed by atoms with Crippen LogP contribution in [-0.4, -0.2) is 44.7 Å². The Kier molecular flexibility index (Phi) is 7.61. The van der Waals surface area contributed by atoms with Gasteiger partial charge in [-0.3, -0.25) is 19.2 Å². The molecule has 0 aromatic heterocycles. The van der Waals surface area contributed by atoms with E-state index in [1.54, 1.807) is 41.5 Å². The second kappa shape index (κ2) is 11.3. The van der Waals surface area contributed by atoms with Crippen LogP contribution in [0.4, 0.5) is 11.4 Å². The van der Waals surface area contributed by atoms with Crippen LogP contribution < -0.4 is 28.9 Å². The molecule has 10 nitrogen and oxygen atoms in total. The van der Waals surface area contributed by atoms with Crippen molar-refractivity contribution in [2.75, 3.05) is 30.8 Å². The Labute approximate surface area is 231 Å². The zero-order chi connectivity index (χ0) is 28.4. The minimum atomic E-state index is -1.06. The van der Waals surface area contributed by atoms with Crippen molar-refractivity contribution >= 4 is 29.2 Å². The number of carbonyl (C=O) groups excluding carboxylic acids is 3. The quantitative estimate of drug-likeness (QED) is 0.218. The Balaban J connectivity index is 1.57. The molecule has 3 aromatic carbocycles. The van der Waals surface area contributed by atoms with Gasteiger partial charge in [-0.2, -0.15) is 0 Å². The van der Waals surface area contributed by atoms with Gasteiger partial charge in [0.05, 0.1) is 38.2 Å². The lowest BCUT2D eigenvalue weighted by molar-refractivity contribution is -0.132. The van der Waals surface area contributed by atoms with Crippen molar-refractivity contribution in [3.05, 3.63) is 72.3 Å². The first-order chi connectivity index (χ1) is 19.4. The molecular weight excluding hydrogens is 516 g/mol. The Morgan fingerprint density at radius 2 is 1.55 bits per heavy atom. The number of fused-ring (bicyclic) bond motifs is 1. The molecule has 5 rings (SSSR count). The fraction of sp³-hybridized carbons (Fsp3) is 0.300. The first-order valence-electron chi connectivity index (χ1n) is 12.9. The summed E-state index contributed by atoms with van der Waals surface area (Å²) in [6.07, 6.45) is -0.193. The molecule has 208 valence electrons. The molecule has 2 saturated heterocycles. The number of benzene rings is 3. The third-order valence-corrected chi connectivity index (χ3v) is 6.76. The summed E-state index contributed by atoms with van der Waals surface area (Å²) in [6, 6.07) is 18.6. The molecule has 0 unspecified atom stereocenters. The van der Waals surface area contributed by atoms with E-state index in [1.165, 1.54) is 21.1 Å². The number of imide groups is 1. The van der Waals surface area contributed by atoms with Crippen LogP contribution in [0, 0.1) is 5.92 Å². The molecule has 2 fully saturated rings. The van der Waals surface area contributed by atoms with Crippen LogP contribution in [0.2, 0.25) is 0 Å². The highest BCUT2D eigenvalue weighted by molar-refractivity contribution is 6.24. The highest BCUT2D eigenvalue weighted by atomic mass is 16.7. The van der Waals surface area contributed by atoms with Crippen molar-refractivity contribution in [1.82, 2.24) is 0 Å². The summed E-state index contributed by atoms with van der Waals surface area (Å²) in [5.41, 5.74) is 1.67. The van der Waals surface area contributed by atoms with Gasteiger partial charge < -0.3 is 18.9 Å². The third-order valence-electron chi connectivity index (χ3n) is 6.76. The molecule has 0 saturated carbocycles. The minimum absolute atomic E-state index is 0.115. The average Bonchev–Trinajstić information content (AvgIpc) is 3.48. The van der Waals surface area contributed by atoms with Crippen molar-refractivity contribution < 1.29 is 38.2 Å². The van der Waals surface area contributed by atoms with Crippen LogP contribution in [-0.2, 0) is 19.2 Å². The lowest BCUT2D eigenvalue weighted by atomic mass is 9.90. The van der Waals surface area contributed by atoms with E-state index in [-0.39, 0.29) is 17.2 Å². The zero-order valence-electron chi connectivity index (χ0n) is 22.7. The third kappa shape index (κ3) is 4.82. The Morgan fingerprint density at radius 1 is 0.900 bits per heavy atom. The molecule has 3 aromatic rings. The van der Waals surface area contributed by atoms with Gasteiger partial charge in [0.25, 0.3) is 5.91 Å². The number of esters is 1. The highest BCUT2D eigenvalue weighted by Crippen LogP contribution is 2.50. The van der Waals surface area contributed by atoms with Gasteiger partial charge in [-0.15, -0.1) is 0 Å². The van der Waals surface area contributed by atoms with E-state index in [9.17, 15) is 14.4 Å². The summed E-state index contributed by atoms with van der Waals surface area (Å²) in [7, 11) is 2.88. The number of para-hydroxylation sites is 1. The predicted molar refractivity (Wildman–Crippen MR) is 146 cm³/mol. The predicted octanol–water partition coefficient (Wildman–Crippen LogP) is 4.47. The van der Waals surface area contributed by atoms with Crippen molar-refractivity contribution in [2.24, 2.45) is 5.92 Å². The van der Waals surface area contributed by atoms with Gasteiger partial charge in [-0.1, -0.05) is 25.1 Å². The van der Waals surface area contributed by atoms with Crippen LogP contribution in [0.25, 0.3) is 0 Å².